The monoisotopic (exact) mass is 660 g/mol. The third kappa shape index (κ3) is 8.89. The number of nitrogens with one attached hydrogen (secondary N) is 2. The van der Waals surface area contributed by atoms with Gasteiger partial charge in [-0.05, 0) is 49.7 Å². The van der Waals surface area contributed by atoms with Crippen molar-refractivity contribution >= 4 is 35.3 Å². The summed E-state index contributed by atoms with van der Waals surface area (Å²) in [5.41, 5.74) is 1.75. The minimum atomic E-state index is -1.93. The summed E-state index contributed by atoms with van der Waals surface area (Å²) in [5, 5.41) is 5.61. The number of aryl methyl sites for hydroxylation is 1. The summed E-state index contributed by atoms with van der Waals surface area (Å²) in [5.74, 6) is -0.988. The number of methoxy groups -OCH3 is 1. The first kappa shape index (κ1) is 35.4. The Bertz CT molecular complexity index is 1390. The van der Waals surface area contributed by atoms with Gasteiger partial charge in [-0.3, -0.25) is 14.4 Å². The Morgan fingerprint density at radius 1 is 1.22 bits per heavy atom. The number of ether oxygens (including phenoxy) is 3. The number of halogens is 1. The summed E-state index contributed by atoms with van der Waals surface area (Å²) in [6, 6.07) is 3.94. The molecule has 252 valence electrons. The molecule has 3 amide bonds. The number of hydrogen-bond acceptors (Lipinski definition) is 9. The maximum atomic E-state index is 14.5. The lowest BCUT2D eigenvalue weighted by Crippen LogP contribution is -2.59. The van der Waals surface area contributed by atoms with Crippen LogP contribution in [0.2, 0.25) is 0 Å². The Hall–Kier alpha value is -3.42. The molecule has 1 aliphatic heterocycles. The fraction of sp³-hybridized carbons (Fsp3) is 0.606. The highest BCUT2D eigenvalue weighted by atomic mass is 32.1. The summed E-state index contributed by atoms with van der Waals surface area (Å²) >= 11 is 1.53. The number of amides is 3. The van der Waals surface area contributed by atoms with Crippen molar-refractivity contribution < 1.29 is 37.8 Å². The second-order valence-corrected chi connectivity index (χ2v) is 13.8. The van der Waals surface area contributed by atoms with Crippen molar-refractivity contribution in [1.29, 1.82) is 0 Å². The normalized spacial score (nSPS) is 19.4. The molecule has 1 aromatic heterocycles. The van der Waals surface area contributed by atoms with Crippen LogP contribution >= 0.6 is 11.3 Å². The fourth-order valence-corrected chi connectivity index (χ4v) is 6.15. The second-order valence-electron chi connectivity index (χ2n) is 12.9. The van der Waals surface area contributed by atoms with Crippen molar-refractivity contribution in [3.05, 3.63) is 35.0 Å². The molecule has 1 saturated heterocycles. The minimum Gasteiger partial charge on any atom is -0.493 e. The molecule has 11 nitrogen and oxygen atoms in total. The summed E-state index contributed by atoms with van der Waals surface area (Å²) in [4.78, 5) is 57.4. The third-order valence-corrected chi connectivity index (χ3v) is 9.30. The minimum absolute atomic E-state index is 0.0694. The van der Waals surface area contributed by atoms with E-state index in [9.17, 15) is 23.6 Å². The van der Waals surface area contributed by atoms with Crippen LogP contribution in [0.3, 0.4) is 0 Å². The number of likely N-dealkylation sites (tertiary alicyclic amines) is 1. The zero-order valence-electron chi connectivity index (χ0n) is 27.2. The molecule has 4 rings (SSSR count). The first-order valence-electron chi connectivity index (χ1n) is 15.7. The van der Waals surface area contributed by atoms with Crippen LogP contribution in [-0.2, 0) is 35.2 Å². The lowest BCUT2D eigenvalue weighted by atomic mass is 9.85. The molecule has 0 spiro atoms. The van der Waals surface area contributed by atoms with Crippen LogP contribution in [0.4, 0.5) is 4.39 Å². The number of alkyl halides is 1. The molecule has 2 aliphatic rings. The number of aromatic nitrogens is 1. The van der Waals surface area contributed by atoms with E-state index in [0.29, 0.717) is 25.4 Å². The van der Waals surface area contributed by atoms with Gasteiger partial charge >= 0.3 is 0 Å². The molecule has 13 heteroatoms. The van der Waals surface area contributed by atoms with E-state index in [1.807, 2.05) is 25.1 Å². The van der Waals surface area contributed by atoms with Crippen LogP contribution in [0.25, 0.3) is 10.4 Å². The van der Waals surface area contributed by atoms with E-state index < -0.39 is 35.0 Å². The number of carbonyl (C=O) groups is 4. The summed E-state index contributed by atoms with van der Waals surface area (Å²) in [6.45, 7) is 8.59. The lowest BCUT2D eigenvalue weighted by molar-refractivity contribution is -0.145. The summed E-state index contributed by atoms with van der Waals surface area (Å²) in [6.07, 6.45) is 2.33. The Labute approximate surface area is 273 Å². The van der Waals surface area contributed by atoms with Gasteiger partial charge in [0.15, 0.2) is 5.67 Å². The SMILES string of the molecule is CO[C@@H]1C[C@@H](C(=O)NCc2ccc(-c3scnc3C)cc2OCCCCOCC=O)N(C(=O)[C@@H](NC(=O)C2(F)CC2)C(C)(C)C)C1. The van der Waals surface area contributed by atoms with E-state index >= 15 is 0 Å². The van der Waals surface area contributed by atoms with Crippen molar-refractivity contribution in [2.75, 3.05) is 33.5 Å². The van der Waals surface area contributed by atoms with Gasteiger partial charge in [-0.1, -0.05) is 32.9 Å². The molecule has 0 radical (unpaired) electrons. The second kappa shape index (κ2) is 15.4. The number of aldehydes is 1. The van der Waals surface area contributed by atoms with Crippen molar-refractivity contribution in [1.82, 2.24) is 20.5 Å². The largest absolute Gasteiger partial charge is 0.493 e. The number of rotatable bonds is 16. The van der Waals surface area contributed by atoms with Crippen molar-refractivity contribution in [2.45, 2.75) is 90.2 Å². The fourth-order valence-electron chi connectivity index (χ4n) is 5.35. The molecule has 0 unspecified atom stereocenters. The van der Waals surface area contributed by atoms with Gasteiger partial charge in [0.1, 0.15) is 30.7 Å². The van der Waals surface area contributed by atoms with Crippen molar-refractivity contribution in [2.24, 2.45) is 5.41 Å². The van der Waals surface area contributed by atoms with Gasteiger partial charge in [0, 0.05) is 38.8 Å². The van der Waals surface area contributed by atoms with Gasteiger partial charge in [-0.2, -0.15) is 0 Å². The highest BCUT2D eigenvalue weighted by molar-refractivity contribution is 7.13. The number of unbranched alkanes of at least 4 members (excludes halogenated alkanes) is 1. The van der Waals surface area contributed by atoms with Crippen LogP contribution in [0.5, 0.6) is 5.75 Å². The highest BCUT2D eigenvalue weighted by Gasteiger charge is 2.53. The van der Waals surface area contributed by atoms with Gasteiger partial charge < -0.3 is 34.5 Å². The predicted octanol–water partition coefficient (Wildman–Crippen LogP) is 3.76. The first-order valence-corrected chi connectivity index (χ1v) is 16.5. The molecule has 2 heterocycles. The number of thiazole rings is 1. The number of hydrogen-bond donors (Lipinski definition) is 2. The number of nitrogens with zero attached hydrogens (tertiary/aromatic N) is 2. The third-order valence-electron chi connectivity index (χ3n) is 8.32. The maximum Gasteiger partial charge on any atom is 0.258 e. The molecule has 46 heavy (non-hydrogen) atoms. The van der Waals surface area contributed by atoms with Crippen molar-refractivity contribution in [3.8, 4) is 16.2 Å². The predicted molar refractivity (Wildman–Crippen MR) is 171 cm³/mol. The van der Waals surface area contributed by atoms with Gasteiger partial charge in [-0.25, -0.2) is 9.37 Å². The molecule has 2 N–H and O–H groups in total. The molecule has 0 bridgehead atoms. The average molecular weight is 661 g/mol. The van der Waals surface area contributed by atoms with Crippen LogP contribution in [0.15, 0.2) is 23.7 Å². The Balaban J connectivity index is 1.47. The van der Waals surface area contributed by atoms with Gasteiger partial charge in [0.05, 0.1) is 28.8 Å². The van der Waals surface area contributed by atoms with Crippen LogP contribution in [-0.4, -0.2) is 91.2 Å². The quantitative estimate of drug-likeness (QED) is 0.205. The molecule has 1 saturated carbocycles. The van der Waals surface area contributed by atoms with Gasteiger partial charge in [-0.15, -0.1) is 11.3 Å². The Kier molecular flexibility index (Phi) is 11.9. The van der Waals surface area contributed by atoms with Crippen LogP contribution in [0.1, 0.15) is 64.1 Å². The van der Waals surface area contributed by atoms with E-state index in [0.717, 1.165) is 34.4 Å². The highest BCUT2D eigenvalue weighted by Crippen LogP contribution is 2.40. The summed E-state index contributed by atoms with van der Waals surface area (Å²) in [7, 11) is 1.53. The molecular formula is C33H45FN4O7S. The van der Waals surface area contributed by atoms with E-state index in [1.165, 1.54) is 23.3 Å². The molecule has 2 fully saturated rings. The molecular weight excluding hydrogens is 615 g/mol. The van der Waals surface area contributed by atoms with Crippen molar-refractivity contribution in [3.63, 3.8) is 0 Å². The molecule has 1 aliphatic carbocycles. The molecule has 2 aromatic rings. The Morgan fingerprint density at radius 3 is 2.59 bits per heavy atom. The number of benzene rings is 1. The van der Waals surface area contributed by atoms with Gasteiger partial charge in [0.25, 0.3) is 5.91 Å². The molecule has 1 aromatic carbocycles. The maximum absolute atomic E-state index is 14.5. The molecule has 3 atom stereocenters. The average Bonchev–Trinajstić information content (AvgIpc) is 3.41. The van der Waals surface area contributed by atoms with E-state index in [1.54, 1.807) is 26.3 Å². The number of carbonyl (C=O) groups excluding carboxylic acids is 4. The zero-order valence-corrected chi connectivity index (χ0v) is 28.0. The van der Waals surface area contributed by atoms with E-state index in [2.05, 4.69) is 15.6 Å². The first-order chi connectivity index (χ1) is 21.9. The van der Waals surface area contributed by atoms with Crippen LogP contribution < -0.4 is 15.4 Å². The van der Waals surface area contributed by atoms with Crippen LogP contribution in [0, 0.1) is 12.3 Å². The zero-order chi connectivity index (χ0) is 33.5. The topological polar surface area (TPSA) is 136 Å². The van der Waals surface area contributed by atoms with E-state index in [4.69, 9.17) is 14.2 Å². The van der Waals surface area contributed by atoms with E-state index in [-0.39, 0.29) is 51.0 Å². The lowest BCUT2D eigenvalue weighted by Gasteiger charge is -2.35. The summed E-state index contributed by atoms with van der Waals surface area (Å²) < 4.78 is 31.4. The standard InChI is InChI=1S/C33H45FN4O7S/c1-21-27(46-20-36-21)22-8-9-23(26(16-22)45-14-7-6-13-44-15-12-39)18-35-29(40)25-17-24(43-5)19-38(25)30(41)28(32(2,3)4)37-31(42)33(34)10-11-33/h8-9,12,16,20,24-25,28H,6-7,10-11,13-15,17-19H2,1-5H3,(H,35,40)(H,37,42)/t24-,25+,28-/m1/s1. The smallest absolute Gasteiger partial charge is 0.258 e. The Morgan fingerprint density at radius 2 is 1.96 bits per heavy atom. The van der Waals surface area contributed by atoms with Gasteiger partial charge in [0.2, 0.25) is 11.8 Å².